The number of fused-ring (bicyclic) bond motifs is 2. The zero-order chi connectivity index (χ0) is 25.9. The monoisotopic (exact) mass is 497 g/mol. The van der Waals surface area contributed by atoms with Gasteiger partial charge in [-0.1, -0.05) is 36.4 Å². The highest BCUT2D eigenvalue weighted by molar-refractivity contribution is 5.89. The Balaban J connectivity index is 1.52. The Hall–Kier alpha value is -4.17. The van der Waals surface area contributed by atoms with Gasteiger partial charge in [-0.3, -0.25) is 9.13 Å². The van der Waals surface area contributed by atoms with E-state index in [1.54, 1.807) is 28.2 Å². The maximum Gasteiger partial charge on any atom is 0.338 e. The Morgan fingerprint density at radius 2 is 1.46 bits per heavy atom. The molecule has 0 bridgehead atoms. The third-order valence-electron chi connectivity index (χ3n) is 6.53. The van der Waals surface area contributed by atoms with Crippen molar-refractivity contribution in [3.63, 3.8) is 0 Å². The van der Waals surface area contributed by atoms with E-state index in [0.29, 0.717) is 25.3 Å². The molecule has 0 atom stereocenters. The summed E-state index contributed by atoms with van der Waals surface area (Å²) in [4.78, 5) is 32.8. The molecule has 2 aromatic heterocycles. The first kappa shape index (κ1) is 24.5. The first-order valence-electron chi connectivity index (χ1n) is 12.5. The molecule has 8 nitrogen and oxygen atoms in total. The molecule has 3 aromatic carbocycles. The molecule has 0 amide bonds. The van der Waals surface area contributed by atoms with Crippen LogP contribution >= 0.6 is 0 Å². The zero-order valence-corrected chi connectivity index (χ0v) is 21.4. The number of imidazole rings is 2. The van der Waals surface area contributed by atoms with Crippen LogP contribution in [-0.4, -0.2) is 56.8 Å². The lowest BCUT2D eigenvalue weighted by molar-refractivity contribution is 0.0526. The van der Waals surface area contributed by atoms with Crippen LogP contribution in [0.2, 0.25) is 0 Å². The number of rotatable bonds is 9. The quantitative estimate of drug-likeness (QED) is 0.288. The van der Waals surface area contributed by atoms with Gasteiger partial charge < -0.3 is 14.2 Å². The number of nitrogens with zero attached hydrogens (tertiary/aromatic N) is 5. The summed E-state index contributed by atoms with van der Waals surface area (Å²) in [6, 6.07) is 23.1. The number of para-hydroxylation sites is 4. The average molecular weight is 498 g/mol. The summed E-state index contributed by atoms with van der Waals surface area (Å²) in [7, 11) is 4.10. The largest absolute Gasteiger partial charge is 0.462 e. The molecular formula is C29H31N5O3. The van der Waals surface area contributed by atoms with Crippen molar-refractivity contribution in [3.8, 4) is 0 Å². The van der Waals surface area contributed by atoms with Gasteiger partial charge in [-0.2, -0.15) is 0 Å². The number of likely N-dealkylation sites (N-methyl/N-ethyl adjacent to an activating group) is 1. The van der Waals surface area contributed by atoms with E-state index in [1.807, 2.05) is 54.6 Å². The predicted octanol–water partition coefficient (Wildman–Crippen LogP) is 3.99. The molecule has 0 fully saturated rings. The van der Waals surface area contributed by atoms with Gasteiger partial charge in [0.05, 0.1) is 47.3 Å². The van der Waals surface area contributed by atoms with Crippen LogP contribution in [0.1, 0.15) is 28.7 Å². The minimum absolute atomic E-state index is 0.0955. The van der Waals surface area contributed by atoms with Crippen LogP contribution in [0.15, 0.2) is 77.6 Å². The fraction of sp³-hybridized carbons (Fsp3) is 0.276. The Labute approximate surface area is 215 Å². The molecule has 8 heteroatoms. The number of carbonyl (C=O) groups is 1. The number of esters is 1. The van der Waals surface area contributed by atoms with E-state index in [-0.39, 0.29) is 11.7 Å². The second-order valence-corrected chi connectivity index (χ2v) is 9.33. The maximum absolute atomic E-state index is 13.8. The molecule has 37 heavy (non-hydrogen) atoms. The Morgan fingerprint density at radius 3 is 2.11 bits per heavy atom. The van der Waals surface area contributed by atoms with Gasteiger partial charge >= 0.3 is 11.7 Å². The van der Waals surface area contributed by atoms with Crippen LogP contribution in [0.4, 0.5) is 0 Å². The molecule has 5 rings (SSSR count). The first-order valence-corrected chi connectivity index (χ1v) is 12.5. The predicted molar refractivity (Wildman–Crippen MR) is 145 cm³/mol. The van der Waals surface area contributed by atoms with Crippen molar-refractivity contribution in [1.29, 1.82) is 0 Å². The van der Waals surface area contributed by atoms with Crippen molar-refractivity contribution in [3.05, 3.63) is 100 Å². The Kier molecular flexibility index (Phi) is 6.92. The fourth-order valence-electron chi connectivity index (χ4n) is 4.66. The molecule has 0 spiro atoms. The van der Waals surface area contributed by atoms with Crippen LogP contribution < -0.4 is 5.69 Å². The number of carbonyl (C=O) groups excluding carboxylic acids is 1. The van der Waals surface area contributed by atoms with Crippen LogP contribution in [0.25, 0.3) is 22.1 Å². The van der Waals surface area contributed by atoms with Gasteiger partial charge in [0.2, 0.25) is 0 Å². The van der Waals surface area contributed by atoms with Gasteiger partial charge in [0.1, 0.15) is 5.82 Å². The van der Waals surface area contributed by atoms with Crippen LogP contribution in [0, 0.1) is 0 Å². The lowest BCUT2D eigenvalue weighted by Gasteiger charge is -2.13. The topological polar surface area (TPSA) is 74.3 Å². The zero-order valence-electron chi connectivity index (χ0n) is 21.4. The molecule has 190 valence electrons. The maximum atomic E-state index is 13.8. The molecule has 0 saturated carbocycles. The van der Waals surface area contributed by atoms with E-state index in [9.17, 15) is 9.59 Å². The Bertz CT molecular complexity index is 1610. The summed E-state index contributed by atoms with van der Waals surface area (Å²) >= 11 is 0. The number of hydrogen-bond donors (Lipinski definition) is 0. The van der Waals surface area contributed by atoms with Crippen LogP contribution in [0.5, 0.6) is 0 Å². The number of hydrogen-bond acceptors (Lipinski definition) is 5. The number of ether oxygens (including phenoxy) is 1. The fourth-order valence-corrected chi connectivity index (χ4v) is 4.66. The highest BCUT2D eigenvalue weighted by atomic mass is 16.5. The van der Waals surface area contributed by atoms with Crippen molar-refractivity contribution in [1.82, 2.24) is 23.6 Å². The lowest BCUT2D eigenvalue weighted by atomic mass is 10.1. The van der Waals surface area contributed by atoms with Crippen molar-refractivity contribution >= 4 is 28.0 Å². The first-order chi connectivity index (χ1) is 18.0. The third kappa shape index (κ3) is 4.93. The summed E-state index contributed by atoms with van der Waals surface area (Å²) in [6.07, 6.45) is 0. The molecule has 0 N–H and O–H groups in total. The van der Waals surface area contributed by atoms with E-state index in [1.165, 1.54) is 0 Å². The van der Waals surface area contributed by atoms with E-state index in [0.717, 1.165) is 46.5 Å². The average Bonchev–Trinajstić information content (AvgIpc) is 3.38. The molecule has 0 unspecified atom stereocenters. The van der Waals surface area contributed by atoms with Gasteiger partial charge in [-0.05, 0) is 63.0 Å². The van der Waals surface area contributed by atoms with Crippen molar-refractivity contribution < 1.29 is 9.53 Å². The summed E-state index contributed by atoms with van der Waals surface area (Å²) in [5, 5.41) is 0. The second kappa shape index (κ2) is 10.4. The normalized spacial score (nSPS) is 11.6. The molecular weight excluding hydrogens is 466 g/mol. The van der Waals surface area contributed by atoms with E-state index in [2.05, 4.69) is 29.6 Å². The SMILES string of the molecule is CCOC(=O)c1ccc(Cn2c(=O)n(Cc3nc4ccccc4n3CCN(C)C)c3ccccc32)cc1. The van der Waals surface area contributed by atoms with Crippen LogP contribution in [-0.2, 0) is 24.4 Å². The van der Waals surface area contributed by atoms with Gasteiger partial charge in [0.15, 0.2) is 0 Å². The molecule has 0 radical (unpaired) electrons. The minimum Gasteiger partial charge on any atom is -0.462 e. The Morgan fingerprint density at radius 1 is 0.838 bits per heavy atom. The van der Waals surface area contributed by atoms with Crippen molar-refractivity contribution in [2.24, 2.45) is 0 Å². The van der Waals surface area contributed by atoms with Gasteiger partial charge in [-0.25, -0.2) is 14.6 Å². The van der Waals surface area contributed by atoms with Crippen molar-refractivity contribution in [2.45, 2.75) is 26.6 Å². The number of aromatic nitrogens is 4. The minimum atomic E-state index is -0.347. The molecule has 0 aliphatic rings. The smallest absolute Gasteiger partial charge is 0.338 e. The molecule has 0 aliphatic carbocycles. The number of benzene rings is 3. The molecule has 2 heterocycles. The molecule has 0 saturated heterocycles. The van der Waals surface area contributed by atoms with E-state index >= 15 is 0 Å². The summed E-state index contributed by atoms with van der Waals surface area (Å²) in [6.45, 7) is 4.53. The molecule has 0 aliphatic heterocycles. The second-order valence-electron chi connectivity index (χ2n) is 9.33. The van der Waals surface area contributed by atoms with Gasteiger partial charge in [0.25, 0.3) is 0 Å². The van der Waals surface area contributed by atoms with Gasteiger partial charge in [0, 0.05) is 13.1 Å². The highest BCUT2D eigenvalue weighted by Gasteiger charge is 2.18. The summed E-state index contributed by atoms with van der Waals surface area (Å²) in [5.41, 5.74) is 5.04. The van der Waals surface area contributed by atoms with Gasteiger partial charge in [-0.15, -0.1) is 0 Å². The lowest BCUT2D eigenvalue weighted by Crippen LogP contribution is -2.27. The molecule has 5 aromatic rings. The standard InChI is InChI=1S/C29H31N5O3/c1-4-37-28(35)22-15-13-21(14-16-22)19-33-25-11-7-8-12-26(25)34(29(33)36)20-27-30-23-9-5-6-10-24(23)32(27)18-17-31(2)3/h5-16H,4,17-20H2,1-3H3. The highest BCUT2D eigenvalue weighted by Crippen LogP contribution is 2.20. The summed E-state index contributed by atoms with van der Waals surface area (Å²) in [5.74, 6) is 0.506. The third-order valence-corrected chi connectivity index (χ3v) is 6.53. The van der Waals surface area contributed by atoms with E-state index < -0.39 is 0 Å². The van der Waals surface area contributed by atoms with Crippen molar-refractivity contribution in [2.75, 3.05) is 27.2 Å². The van der Waals surface area contributed by atoms with Crippen LogP contribution in [0.3, 0.4) is 0 Å². The summed E-state index contributed by atoms with van der Waals surface area (Å²) < 4.78 is 10.9. The van der Waals surface area contributed by atoms with E-state index in [4.69, 9.17) is 9.72 Å².